The van der Waals surface area contributed by atoms with Crippen molar-refractivity contribution in [1.29, 1.82) is 0 Å². The second-order valence-electron chi connectivity index (χ2n) is 5.50. The molecule has 0 aromatic carbocycles. The van der Waals surface area contributed by atoms with Crippen LogP contribution in [0.1, 0.15) is 19.8 Å². The van der Waals surface area contributed by atoms with Crippen molar-refractivity contribution in [2.75, 3.05) is 20.3 Å². The SMILES string of the molecule is CCCCN1C=CN(C)C1.O=S(=O)(O)C(F)(F)C(F)(F)C(F)(F)C(F)(F)F. The second-order valence-corrected chi connectivity index (χ2v) is 6.96. The molecule has 1 rings (SSSR count). The van der Waals surface area contributed by atoms with Gasteiger partial charge in [0, 0.05) is 26.0 Å². The van der Waals surface area contributed by atoms with E-state index in [1.54, 1.807) is 0 Å². The molecule has 27 heavy (non-hydrogen) atoms. The summed E-state index contributed by atoms with van der Waals surface area (Å²) in [5.41, 5.74) is 0. The van der Waals surface area contributed by atoms with Crippen molar-refractivity contribution in [2.24, 2.45) is 0 Å². The highest BCUT2D eigenvalue weighted by molar-refractivity contribution is 7.87. The molecule has 0 aromatic rings. The molecule has 1 heterocycles. The van der Waals surface area contributed by atoms with Crippen LogP contribution in [-0.2, 0) is 10.1 Å². The van der Waals surface area contributed by atoms with Crippen molar-refractivity contribution in [3.8, 4) is 0 Å². The summed E-state index contributed by atoms with van der Waals surface area (Å²) in [6.07, 6.45) is -0.262. The fourth-order valence-corrected chi connectivity index (χ4v) is 2.07. The Labute approximate surface area is 149 Å². The molecule has 0 radical (unpaired) electrons. The summed E-state index contributed by atoms with van der Waals surface area (Å²) in [5, 5.41) is -7.00. The molecule has 15 heteroatoms. The first-order chi connectivity index (χ1) is 11.8. The van der Waals surface area contributed by atoms with Gasteiger partial charge in [-0.2, -0.15) is 47.9 Å². The molecule has 0 spiro atoms. The Morgan fingerprint density at radius 2 is 1.44 bits per heavy atom. The van der Waals surface area contributed by atoms with Gasteiger partial charge in [0.1, 0.15) is 0 Å². The molecule has 1 N–H and O–H groups in total. The van der Waals surface area contributed by atoms with Crippen molar-refractivity contribution < 1.29 is 52.5 Å². The summed E-state index contributed by atoms with van der Waals surface area (Å²) in [6, 6.07) is 0. The summed E-state index contributed by atoms with van der Waals surface area (Å²) in [4.78, 5) is 4.53. The highest BCUT2D eigenvalue weighted by Gasteiger charge is 2.85. The van der Waals surface area contributed by atoms with E-state index >= 15 is 0 Å². The molecule has 0 aromatic heterocycles. The molecule has 5 nitrogen and oxygen atoms in total. The Bertz CT molecular complexity index is 620. The first-order valence-corrected chi connectivity index (χ1v) is 8.56. The van der Waals surface area contributed by atoms with E-state index in [4.69, 9.17) is 4.55 Å². The monoisotopic (exact) mass is 440 g/mol. The van der Waals surface area contributed by atoms with E-state index in [1.807, 2.05) is 0 Å². The van der Waals surface area contributed by atoms with E-state index < -0.39 is 33.4 Å². The van der Waals surface area contributed by atoms with Gasteiger partial charge in [0.25, 0.3) is 0 Å². The van der Waals surface area contributed by atoms with Crippen LogP contribution in [0.25, 0.3) is 0 Å². The van der Waals surface area contributed by atoms with Gasteiger partial charge in [0.2, 0.25) is 0 Å². The highest BCUT2D eigenvalue weighted by Crippen LogP contribution is 2.54. The van der Waals surface area contributed by atoms with Crippen molar-refractivity contribution in [2.45, 2.75) is 43.0 Å². The minimum absolute atomic E-state index is 1.07. The van der Waals surface area contributed by atoms with Crippen molar-refractivity contribution in [3.05, 3.63) is 12.4 Å². The molecule has 0 fully saturated rings. The van der Waals surface area contributed by atoms with E-state index in [0.717, 1.165) is 6.67 Å². The predicted molar refractivity (Wildman–Crippen MR) is 75.8 cm³/mol. The van der Waals surface area contributed by atoms with Gasteiger partial charge < -0.3 is 9.80 Å². The number of hydrogen-bond donors (Lipinski definition) is 1. The third kappa shape index (κ3) is 5.56. The van der Waals surface area contributed by atoms with Gasteiger partial charge >= 0.3 is 33.4 Å². The summed E-state index contributed by atoms with van der Waals surface area (Å²) >= 11 is 0. The molecule has 1 aliphatic rings. The highest BCUT2D eigenvalue weighted by atomic mass is 32.2. The summed E-state index contributed by atoms with van der Waals surface area (Å²) < 4.78 is 134. The van der Waals surface area contributed by atoms with Crippen LogP contribution in [0.3, 0.4) is 0 Å². The quantitative estimate of drug-likeness (QED) is 0.504. The molecular formula is C12H17F9N2O3S. The number of unbranched alkanes of at least 4 members (excludes halogenated alkanes) is 1. The summed E-state index contributed by atoms with van der Waals surface area (Å²) in [6.45, 7) is 4.50. The van der Waals surface area contributed by atoms with Gasteiger partial charge in [-0.15, -0.1) is 0 Å². The van der Waals surface area contributed by atoms with Crippen LogP contribution in [-0.4, -0.2) is 66.3 Å². The molecule has 0 bridgehead atoms. The zero-order chi connectivity index (χ0) is 21.9. The molecule has 0 atom stereocenters. The fraction of sp³-hybridized carbons (Fsp3) is 0.833. The van der Waals surface area contributed by atoms with Crippen LogP contribution >= 0.6 is 0 Å². The summed E-state index contributed by atoms with van der Waals surface area (Å²) in [7, 11) is -5.07. The minimum Gasteiger partial charge on any atom is -0.362 e. The maximum absolute atomic E-state index is 12.2. The molecule has 0 saturated carbocycles. The molecule has 0 saturated heterocycles. The largest absolute Gasteiger partial charge is 0.460 e. The van der Waals surface area contributed by atoms with Crippen molar-refractivity contribution in [1.82, 2.24) is 9.80 Å². The number of nitrogens with zero attached hydrogens (tertiary/aromatic N) is 2. The lowest BCUT2D eigenvalue weighted by molar-refractivity contribution is -0.382. The van der Waals surface area contributed by atoms with Gasteiger partial charge in [-0.1, -0.05) is 13.3 Å². The number of alkyl halides is 9. The molecular weight excluding hydrogens is 423 g/mol. The van der Waals surface area contributed by atoms with Crippen LogP contribution in [0, 0.1) is 0 Å². The van der Waals surface area contributed by atoms with Crippen molar-refractivity contribution in [3.63, 3.8) is 0 Å². The zero-order valence-electron chi connectivity index (χ0n) is 14.0. The summed E-state index contributed by atoms with van der Waals surface area (Å²) in [5.74, 6) is -14.7. The smallest absolute Gasteiger partial charge is 0.362 e. The lowest BCUT2D eigenvalue weighted by Gasteiger charge is -2.31. The number of halogens is 9. The third-order valence-corrected chi connectivity index (χ3v) is 4.08. The Balaban J connectivity index is 0.000000569. The van der Waals surface area contributed by atoms with Crippen LogP contribution in [0.5, 0.6) is 0 Å². The lowest BCUT2D eigenvalue weighted by atomic mass is 10.1. The van der Waals surface area contributed by atoms with Crippen molar-refractivity contribution >= 4 is 10.1 Å². The number of hydrogen-bond acceptors (Lipinski definition) is 4. The van der Waals surface area contributed by atoms with Gasteiger partial charge in [-0.3, -0.25) is 4.55 Å². The third-order valence-electron chi connectivity index (χ3n) is 3.18. The predicted octanol–water partition coefficient (Wildman–Crippen LogP) is 3.76. The van der Waals surface area contributed by atoms with E-state index in [-0.39, 0.29) is 0 Å². The fourth-order valence-electron chi connectivity index (χ4n) is 1.62. The van der Waals surface area contributed by atoms with E-state index in [9.17, 15) is 47.9 Å². The molecule has 1 aliphatic heterocycles. The van der Waals surface area contributed by atoms with Crippen LogP contribution < -0.4 is 0 Å². The lowest BCUT2D eigenvalue weighted by Crippen LogP contribution is -2.63. The maximum Gasteiger partial charge on any atom is 0.460 e. The van der Waals surface area contributed by atoms with Crippen LogP contribution in [0.4, 0.5) is 39.5 Å². The molecule has 0 unspecified atom stereocenters. The molecule has 0 amide bonds. The van der Waals surface area contributed by atoms with Gasteiger partial charge in [-0.05, 0) is 6.42 Å². The van der Waals surface area contributed by atoms with E-state index in [2.05, 4.69) is 36.2 Å². The Kier molecular flexibility index (Phi) is 7.90. The Morgan fingerprint density at radius 1 is 0.963 bits per heavy atom. The average molecular weight is 440 g/mol. The van der Waals surface area contributed by atoms with Gasteiger partial charge in [-0.25, -0.2) is 0 Å². The standard InChI is InChI=1S/C8H16N2.C4HF9O3S/c1-3-4-5-10-7-6-9(2)8-10;5-1(6,3(9,10)11)2(7,8)4(12,13)17(14,15)16/h6-7H,3-5,8H2,1-2H3;(H,14,15,16). The van der Waals surface area contributed by atoms with Crippen LogP contribution in [0.2, 0.25) is 0 Å². The van der Waals surface area contributed by atoms with Gasteiger partial charge in [0.15, 0.2) is 0 Å². The van der Waals surface area contributed by atoms with Crippen LogP contribution in [0.15, 0.2) is 12.4 Å². The molecule has 162 valence electrons. The first kappa shape index (κ1) is 25.6. The van der Waals surface area contributed by atoms with Gasteiger partial charge in [0.05, 0.1) is 6.67 Å². The zero-order valence-corrected chi connectivity index (χ0v) is 14.8. The minimum atomic E-state index is -7.37. The molecule has 0 aliphatic carbocycles. The Morgan fingerprint density at radius 3 is 1.74 bits per heavy atom. The second kappa shape index (κ2) is 8.32. The topological polar surface area (TPSA) is 60.9 Å². The van der Waals surface area contributed by atoms with E-state index in [0.29, 0.717) is 0 Å². The first-order valence-electron chi connectivity index (χ1n) is 7.12. The average Bonchev–Trinajstić information content (AvgIpc) is 2.88. The van der Waals surface area contributed by atoms with E-state index in [1.165, 1.54) is 19.4 Å². The maximum atomic E-state index is 12.2. The normalized spacial score (nSPS) is 16.4. The Hall–Kier alpha value is -1.38. The number of rotatable bonds is 6.